The van der Waals surface area contributed by atoms with Crippen molar-refractivity contribution in [1.29, 1.82) is 0 Å². The molecule has 0 unspecified atom stereocenters. The summed E-state index contributed by atoms with van der Waals surface area (Å²) in [4.78, 5) is 9.75. The number of rotatable bonds is 4. The number of piperazine rings is 1. The zero-order chi connectivity index (χ0) is 19.5. The first-order chi connectivity index (χ1) is 13.7. The summed E-state index contributed by atoms with van der Waals surface area (Å²) in [6, 6.07) is 11.3. The van der Waals surface area contributed by atoms with Crippen LogP contribution in [0.3, 0.4) is 0 Å². The second-order valence-electron chi connectivity index (χ2n) is 8.33. The molecule has 2 heterocycles. The van der Waals surface area contributed by atoms with Crippen LogP contribution in [0.5, 0.6) is 5.75 Å². The van der Waals surface area contributed by atoms with Crippen LogP contribution in [0.15, 0.2) is 36.5 Å². The molecule has 0 amide bonds. The lowest BCUT2D eigenvalue weighted by atomic mass is 9.79. The van der Waals surface area contributed by atoms with Crippen LogP contribution in [0.25, 0.3) is 0 Å². The average Bonchev–Trinajstić information content (AvgIpc) is 2.74. The Bertz CT molecular complexity index is 770. The van der Waals surface area contributed by atoms with E-state index >= 15 is 0 Å². The lowest BCUT2D eigenvalue weighted by Gasteiger charge is -2.43. The normalized spacial score (nSPS) is 23.6. The second-order valence-corrected chi connectivity index (χ2v) is 8.33. The first-order valence-corrected chi connectivity index (χ1v) is 10.7. The fourth-order valence-electron chi connectivity index (χ4n) is 5.27. The number of aryl methyl sites for hydroxylation is 2. The summed E-state index contributed by atoms with van der Waals surface area (Å²) in [6.07, 6.45) is 7.16. The first kappa shape index (κ1) is 19.3. The van der Waals surface area contributed by atoms with Gasteiger partial charge >= 0.3 is 0 Å². The minimum Gasteiger partial charge on any atom is -0.495 e. The molecule has 0 bridgehead atoms. The van der Waals surface area contributed by atoms with E-state index in [0.29, 0.717) is 5.92 Å². The molecule has 0 spiro atoms. The quantitative estimate of drug-likeness (QED) is 0.779. The van der Waals surface area contributed by atoms with Gasteiger partial charge in [-0.2, -0.15) is 0 Å². The van der Waals surface area contributed by atoms with Crippen LogP contribution in [0.2, 0.25) is 0 Å². The maximum atomic E-state index is 5.55. The van der Waals surface area contributed by atoms with E-state index in [0.717, 1.165) is 38.0 Å². The van der Waals surface area contributed by atoms with E-state index < -0.39 is 0 Å². The predicted octanol–water partition coefficient (Wildman–Crippen LogP) is 4.56. The standard InChI is InChI=1S/C24H33N3O/c1-18-12-13-25-19(2)24(18)20-8-10-21(11-9-20)26-14-16-27(17-15-26)22-6-4-5-7-23(22)28-3/h4-7,12-13,20-21H,8-11,14-17H2,1-3H3. The summed E-state index contributed by atoms with van der Waals surface area (Å²) in [7, 11) is 1.76. The van der Waals surface area contributed by atoms with Gasteiger partial charge in [-0.3, -0.25) is 9.88 Å². The van der Waals surface area contributed by atoms with Gasteiger partial charge in [0.05, 0.1) is 12.8 Å². The van der Waals surface area contributed by atoms with Crippen molar-refractivity contribution >= 4 is 5.69 Å². The number of hydrogen-bond acceptors (Lipinski definition) is 4. The van der Waals surface area contributed by atoms with Gasteiger partial charge < -0.3 is 9.64 Å². The molecular formula is C24H33N3O. The number of para-hydroxylation sites is 2. The van der Waals surface area contributed by atoms with Gasteiger partial charge in [-0.15, -0.1) is 0 Å². The van der Waals surface area contributed by atoms with Gasteiger partial charge in [-0.25, -0.2) is 0 Å². The van der Waals surface area contributed by atoms with Crippen molar-refractivity contribution in [1.82, 2.24) is 9.88 Å². The third kappa shape index (κ3) is 3.88. The Labute approximate surface area is 169 Å². The highest BCUT2D eigenvalue weighted by Gasteiger charge is 2.30. The van der Waals surface area contributed by atoms with Crippen LogP contribution >= 0.6 is 0 Å². The molecule has 0 radical (unpaired) electrons. The summed E-state index contributed by atoms with van der Waals surface area (Å²) in [5.41, 5.74) is 5.40. The van der Waals surface area contributed by atoms with Crippen LogP contribution in [0.4, 0.5) is 5.69 Å². The Morgan fingerprint density at radius 3 is 2.32 bits per heavy atom. The number of benzene rings is 1. The van der Waals surface area contributed by atoms with E-state index in [1.165, 1.54) is 48.2 Å². The molecule has 0 N–H and O–H groups in total. The summed E-state index contributed by atoms with van der Waals surface area (Å²) >= 11 is 0. The van der Waals surface area contributed by atoms with Crippen molar-refractivity contribution in [3.63, 3.8) is 0 Å². The Hall–Kier alpha value is -2.07. The van der Waals surface area contributed by atoms with Gasteiger partial charge in [0.2, 0.25) is 0 Å². The number of anilines is 1. The van der Waals surface area contributed by atoms with Gasteiger partial charge in [0, 0.05) is 44.1 Å². The Morgan fingerprint density at radius 2 is 1.64 bits per heavy atom. The fraction of sp³-hybridized carbons (Fsp3) is 0.542. The number of methoxy groups -OCH3 is 1. The summed E-state index contributed by atoms with van der Waals surface area (Å²) in [5, 5.41) is 0. The van der Waals surface area contributed by atoms with Crippen molar-refractivity contribution < 1.29 is 4.74 Å². The minimum absolute atomic E-state index is 0.694. The van der Waals surface area contributed by atoms with Crippen molar-refractivity contribution in [2.24, 2.45) is 0 Å². The lowest BCUT2D eigenvalue weighted by Crippen LogP contribution is -2.51. The van der Waals surface area contributed by atoms with E-state index in [1.54, 1.807) is 7.11 Å². The van der Waals surface area contributed by atoms with Crippen molar-refractivity contribution in [2.45, 2.75) is 51.5 Å². The van der Waals surface area contributed by atoms with Crippen LogP contribution in [0.1, 0.15) is 48.4 Å². The van der Waals surface area contributed by atoms with Crippen LogP contribution in [-0.2, 0) is 0 Å². The Balaban J connectivity index is 1.33. The predicted molar refractivity (Wildman–Crippen MR) is 115 cm³/mol. The molecular weight excluding hydrogens is 346 g/mol. The van der Waals surface area contributed by atoms with E-state index in [2.05, 4.69) is 52.9 Å². The molecule has 0 atom stereocenters. The molecule has 1 aliphatic heterocycles. The van der Waals surface area contributed by atoms with E-state index in [-0.39, 0.29) is 0 Å². The number of aromatic nitrogens is 1. The highest BCUT2D eigenvalue weighted by Crippen LogP contribution is 2.37. The van der Waals surface area contributed by atoms with Crippen molar-refractivity contribution in [2.75, 3.05) is 38.2 Å². The average molecular weight is 380 g/mol. The molecule has 4 rings (SSSR count). The van der Waals surface area contributed by atoms with Crippen LogP contribution in [0, 0.1) is 13.8 Å². The molecule has 4 nitrogen and oxygen atoms in total. The monoisotopic (exact) mass is 379 g/mol. The zero-order valence-electron chi connectivity index (χ0n) is 17.5. The van der Waals surface area contributed by atoms with Gasteiger partial charge in [0.15, 0.2) is 0 Å². The lowest BCUT2D eigenvalue weighted by molar-refractivity contribution is 0.141. The summed E-state index contributed by atoms with van der Waals surface area (Å²) < 4.78 is 5.55. The fourth-order valence-corrected chi connectivity index (χ4v) is 5.27. The summed E-state index contributed by atoms with van der Waals surface area (Å²) in [6.45, 7) is 8.89. The number of ether oxygens (including phenoxy) is 1. The van der Waals surface area contributed by atoms with Gasteiger partial charge in [-0.1, -0.05) is 12.1 Å². The van der Waals surface area contributed by atoms with Crippen molar-refractivity contribution in [3.8, 4) is 5.75 Å². The van der Waals surface area contributed by atoms with E-state index in [1.807, 2.05) is 12.3 Å². The molecule has 2 aromatic rings. The van der Waals surface area contributed by atoms with Gasteiger partial charge in [0.1, 0.15) is 5.75 Å². The molecule has 2 fully saturated rings. The number of hydrogen-bond donors (Lipinski definition) is 0. The third-order valence-corrected chi connectivity index (χ3v) is 6.77. The third-order valence-electron chi connectivity index (χ3n) is 6.77. The highest BCUT2D eigenvalue weighted by molar-refractivity contribution is 5.58. The summed E-state index contributed by atoms with van der Waals surface area (Å²) in [5.74, 6) is 1.68. The highest BCUT2D eigenvalue weighted by atomic mass is 16.5. The molecule has 4 heteroatoms. The van der Waals surface area contributed by atoms with Gasteiger partial charge in [-0.05, 0) is 74.8 Å². The molecule has 2 aliphatic rings. The molecule has 1 aliphatic carbocycles. The maximum absolute atomic E-state index is 5.55. The minimum atomic E-state index is 0.694. The van der Waals surface area contributed by atoms with Crippen LogP contribution < -0.4 is 9.64 Å². The molecule has 1 aromatic heterocycles. The van der Waals surface area contributed by atoms with E-state index in [9.17, 15) is 0 Å². The van der Waals surface area contributed by atoms with Crippen LogP contribution in [-0.4, -0.2) is 49.2 Å². The Kier molecular flexibility index (Phi) is 5.86. The molecule has 1 saturated carbocycles. The zero-order valence-corrected chi connectivity index (χ0v) is 17.5. The largest absolute Gasteiger partial charge is 0.495 e. The number of nitrogens with zero attached hydrogens (tertiary/aromatic N) is 3. The van der Waals surface area contributed by atoms with Gasteiger partial charge in [0.25, 0.3) is 0 Å². The molecule has 28 heavy (non-hydrogen) atoms. The second kappa shape index (κ2) is 8.52. The van der Waals surface area contributed by atoms with E-state index in [4.69, 9.17) is 4.74 Å². The number of pyridine rings is 1. The maximum Gasteiger partial charge on any atom is 0.142 e. The Morgan fingerprint density at radius 1 is 0.929 bits per heavy atom. The first-order valence-electron chi connectivity index (χ1n) is 10.7. The van der Waals surface area contributed by atoms with Crippen molar-refractivity contribution in [3.05, 3.63) is 53.3 Å². The smallest absolute Gasteiger partial charge is 0.142 e. The SMILES string of the molecule is COc1ccccc1N1CCN(C2CCC(c3c(C)ccnc3C)CC2)CC1. The topological polar surface area (TPSA) is 28.6 Å². The molecule has 1 saturated heterocycles. The molecule has 150 valence electrons. The molecule has 1 aromatic carbocycles.